The first-order valence-corrected chi connectivity index (χ1v) is 8.87. The summed E-state index contributed by atoms with van der Waals surface area (Å²) in [5, 5.41) is 0.673. The van der Waals surface area contributed by atoms with E-state index in [1.54, 1.807) is 0 Å². The zero-order valence-corrected chi connectivity index (χ0v) is 14.6. The van der Waals surface area contributed by atoms with Crippen LogP contribution in [0.2, 0.25) is 5.02 Å². The highest BCUT2D eigenvalue weighted by Crippen LogP contribution is 2.17. The summed E-state index contributed by atoms with van der Waals surface area (Å²) in [6, 6.07) is 18.1. The Labute approximate surface area is 148 Å². The minimum atomic E-state index is 0.171. The average molecular weight is 343 g/mol. The third kappa shape index (κ3) is 4.59. The van der Waals surface area contributed by atoms with E-state index in [1.165, 1.54) is 5.56 Å². The van der Waals surface area contributed by atoms with Crippen LogP contribution in [0.1, 0.15) is 17.5 Å². The fourth-order valence-corrected chi connectivity index (χ4v) is 3.34. The molecule has 0 radical (unpaired) electrons. The van der Waals surface area contributed by atoms with Gasteiger partial charge in [-0.05, 0) is 23.6 Å². The maximum atomic E-state index is 12.6. The maximum Gasteiger partial charge on any atom is 0.227 e. The molecular weight excluding hydrogens is 320 g/mol. The van der Waals surface area contributed by atoms with Crippen molar-refractivity contribution in [1.29, 1.82) is 0 Å². The van der Waals surface area contributed by atoms with Crippen LogP contribution in [0.15, 0.2) is 54.6 Å². The molecule has 1 aliphatic heterocycles. The van der Waals surface area contributed by atoms with Crippen molar-refractivity contribution in [3.63, 3.8) is 0 Å². The Morgan fingerprint density at radius 2 is 1.67 bits per heavy atom. The summed E-state index contributed by atoms with van der Waals surface area (Å²) in [4.78, 5) is 17.0. The highest BCUT2D eigenvalue weighted by molar-refractivity contribution is 6.31. The van der Waals surface area contributed by atoms with Gasteiger partial charge in [-0.2, -0.15) is 0 Å². The van der Waals surface area contributed by atoms with Crippen LogP contribution in [0.25, 0.3) is 0 Å². The summed E-state index contributed by atoms with van der Waals surface area (Å²) < 4.78 is 0. The van der Waals surface area contributed by atoms with E-state index in [0.717, 1.165) is 44.7 Å². The van der Waals surface area contributed by atoms with Crippen molar-refractivity contribution in [1.82, 2.24) is 9.80 Å². The molecule has 1 amide bonds. The lowest BCUT2D eigenvalue weighted by atomic mass is 10.1. The third-order valence-corrected chi connectivity index (χ3v) is 4.86. The van der Waals surface area contributed by atoms with Gasteiger partial charge >= 0.3 is 0 Å². The Morgan fingerprint density at radius 1 is 0.917 bits per heavy atom. The molecule has 0 aromatic heterocycles. The maximum absolute atomic E-state index is 12.6. The number of benzene rings is 2. The molecule has 2 aromatic rings. The van der Waals surface area contributed by atoms with Crippen molar-refractivity contribution in [2.24, 2.45) is 0 Å². The van der Waals surface area contributed by atoms with Gasteiger partial charge < -0.3 is 4.90 Å². The summed E-state index contributed by atoms with van der Waals surface area (Å²) in [7, 11) is 0. The number of amides is 1. The van der Waals surface area contributed by atoms with E-state index in [1.807, 2.05) is 35.2 Å². The lowest BCUT2D eigenvalue weighted by Gasteiger charge is -2.22. The Balaban J connectivity index is 1.55. The average Bonchev–Trinajstić information content (AvgIpc) is 2.83. The summed E-state index contributed by atoms with van der Waals surface area (Å²) in [5.41, 5.74) is 2.24. The van der Waals surface area contributed by atoms with Crippen LogP contribution in [0.5, 0.6) is 0 Å². The van der Waals surface area contributed by atoms with E-state index in [9.17, 15) is 4.79 Å². The summed E-state index contributed by atoms with van der Waals surface area (Å²) >= 11 is 6.17. The Hall–Kier alpha value is -1.84. The van der Waals surface area contributed by atoms with Crippen LogP contribution in [0.3, 0.4) is 0 Å². The molecule has 0 spiro atoms. The fourth-order valence-electron chi connectivity index (χ4n) is 3.14. The molecule has 1 aliphatic rings. The molecule has 1 fully saturated rings. The van der Waals surface area contributed by atoms with Gasteiger partial charge in [0, 0.05) is 37.7 Å². The molecule has 0 N–H and O–H groups in total. The first-order chi connectivity index (χ1) is 11.7. The SMILES string of the molecule is O=C(Cc1ccccc1Cl)N1CCCN(Cc2ccccc2)CC1. The van der Waals surface area contributed by atoms with E-state index in [0.29, 0.717) is 11.4 Å². The van der Waals surface area contributed by atoms with Gasteiger partial charge in [-0.3, -0.25) is 9.69 Å². The van der Waals surface area contributed by atoms with Crippen molar-refractivity contribution in [3.05, 3.63) is 70.7 Å². The van der Waals surface area contributed by atoms with E-state index in [4.69, 9.17) is 11.6 Å². The van der Waals surface area contributed by atoms with Gasteiger partial charge in [-0.1, -0.05) is 60.1 Å². The molecule has 1 saturated heterocycles. The van der Waals surface area contributed by atoms with Gasteiger partial charge in [0.05, 0.1) is 6.42 Å². The van der Waals surface area contributed by atoms with E-state index in [2.05, 4.69) is 29.2 Å². The minimum Gasteiger partial charge on any atom is -0.341 e. The van der Waals surface area contributed by atoms with Gasteiger partial charge in [-0.25, -0.2) is 0 Å². The Morgan fingerprint density at radius 3 is 2.46 bits per heavy atom. The summed E-state index contributed by atoms with van der Waals surface area (Å²) in [6.45, 7) is 4.52. The molecule has 0 saturated carbocycles. The monoisotopic (exact) mass is 342 g/mol. The topological polar surface area (TPSA) is 23.6 Å². The summed E-state index contributed by atoms with van der Waals surface area (Å²) in [6.07, 6.45) is 1.40. The number of halogens is 1. The quantitative estimate of drug-likeness (QED) is 0.847. The van der Waals surface area contributed by atoms with Crippen molar-refractivity contribution in [2.45, 2.75) is 19.4 Å². The molecule has 24 heavy (non-hydrogen) atoms. The van der Waals surface area contributed by atoms with Gasteiger partial charge in [-0.15, -0.1) is 0 Å². The zero-order valence-electron chi connectivity index (χ0n) is 13.8. The normalized spacial score (nSPS) is 16.0. The Bertz CT molecular complexity index is 674. The van der Waals surface area contributed by atoms with Crippen molar-refractivity contribution < 1.29 is 4.79 Å². The second kappa shape index (κ2) is 8.32. The molecule has 0 bridgehead atoms. The third-order valence-electron chi connectivity index (χ3n) is 4.49. The number of hydrogen-bond acceptors (Lipinski definition) is 2. The molecule has 4 heteroatoms. The first-order valence-electron chi connectivity index (χ1n) is 8.50. The van der Waals surface area contributed by atoms with Gasteiger partial charge in [0.2, 0.25) is 5.91 Å². The van der Waals surface area contributed by atoms with Crippen LogP contribution in [0.4, 0.5) is 0 Å². The Kier molecular flexibility index (Phi) is 5.89. The zero-order chi connectivity index (χ0) is 16.8. The van der Waals surface area contributed by atoms with E-state index in [-0.39, 0.29) is 5.91 Å². The van der Waals surface area contributed by atoms with Crippen LogP contribution in [0, 0.1) is 0 Å². The van der Waals surface area contributed by atoms with Gasteiger partial charge in [0.15, 0.2) is 0 Å². The molecule has 0 aliphatic carbocycles. The van der Waals surface area contributed by atoms with Crippen molar-refractivity contribution in [2.75, 3.05) is 26.2 Å². The smallest absolute Gasteiger partial charge is 0.227 e. The lowest BCUT2D eigenvalue weighted by molar-refractivity contribution is -0.130. The molecule has 1 heterocycles. The predicted molar refractivity (Wildman–Crippen MR) is 98.1 cm³/mol. The van der Waals surface area contributed by atoms with Crippen molar-refractivity contribution >= 4 is 17.5 Å². The van der Waals surface area contributed by atoms with Crippen molar-refractivity contribution in [3.8, 4) is 0 Å². The second-order valence-electron chi connectivity index (χ2n) is 6.26. The van der Waals surface area contributed by atoms with E-state index < -0.39 is 0 Å². The van der Waals surface area contributed by atoms with Crippen LogP contribution < -0.4 is 0 Å². The number of hydrogen-bond donors (Lipinski definition) is 0. The number of rotatable bonds is 4. The predicted octanol–water partition coefficient (Wildman–Crippen LogP) is 3.62. The number of nitrogens with zero attached hydrogens (tertiary/aromatic N) is 2. The van der Waals surface area contributed by atoms with Crippen LogP contribution in [-0.2, 0) is 17.8 Å². The molecular formula is C20H23ClN2O. The highest BCUT2D eigenvalue weighted by atomic mass is 35.5. The second-order valence-corrected chi connectivity index (χ2v) is 6.67. The molecule has 0 unspecified atom stereocenters. The fraction of sp³-hybridized carbons (Fsp3) is 0.350. The molecule has 126 valence electrons. The van der Waals surface area contributed by atoms with Crippen LogP contribution >= 0.6 is 11.6 Å². The molecule has 2 aromatic carbocycles. The largest absolute Gasteiger partial charge is 0.341 e. The lowest BCUT2D eigenvalue weighted by Crippen LogP contribution is -2.36. The standard InChI is InChI=1S/C20H23ClN2O/c21-19-10-5-4-9-18(19)15-20(24)23-12-6-11-22(13-14-23)16-17-7-2-1-3-8-17/h1-5,7-10H,6,11-16H2. The first kappa shape index (κ1) is 17.0. The minimum absolute atomic E-state index is 0.171. The molecule has 0 atom stereocenters. The number of carbonyl (C=O) groups is 1. The highest BCUT2D eigenvalue weighted by Gasteiger charge is 2.19. The number of carbonyl (C=O) groups excluding carboxylic acids is 1. The van der Waals surface area contributed by atoms with Gasteiger partial charge in [0.25, 0.3) is 0 Å². The molecule has 3 rings (SSSR count). The van der Waals surface area contributed by atoms with E-state index >= 15 is 0 Å². The van der Waals surface area contributed by atoms with Crippen LogP contribution in [-0.4, -0.2) is 41.9 Å². The van der Waals surface area contributed by atoms with Gasteiger partial charge in [0.1, 0.15) is 0 Å². The summed E-state index contributed by atoms with van der Waals surface area (Å²) in [5.74, 6) is 0.171. The molecule has 3 nitrogen and oxygen atoms in total.